The fourth-order valence-electron chi connectivity index (χ4n) is 2.40. The molecule has 3 rings (SSSR count). The number of rotatable bonds is 2. The topological polar surface area (TPSA) is 52.0 Å². The molecule has 0 amide bonds. The van der Waals surface area contributed by atoms with Crippen molar-refractivity contribution in [3.8, 4) is 22.3 Å². The van der Waals surface area contributed by atoms with Crippen molar-refractivity contribution in [1.82, 2.24) is 0 Å². The molecular weight excluding hydrogens is 244 g/mol. The van der Waals surface area contributed by atoms with Crippen LogP contribution in [0.25, 0.3) is 22.3 Å². The van der Waals surface area contributed by atoms with Gasteiger partial charge in [0, 0.05) is 16.9 Å². The van der Waals surface area contributed by atoms with Gasteiger partial charge in [0.2, 0.25) is 0 Å². The van der Waals surface area contributed by atoms with Gasteiger partial charge >= 0.3 is 0 Å². The van der Waals surface area contributed by atoms with E-state index in [-0.39, 0.29) is 0 Å². The molecule has 98 valence electrons. The lowest BCUT2D eigenvalue weighted by Crippen LogP contribution is -1.93. The minimum atomic E-state index is 0.763. The Hall–Kier alpha value is -2.74. The Balaban J connectivity index is 2.22. The van der Waals surface area contributed by atoms with Crippen LogP contribution in [-0.2, 0) is 0 Å². The third kappa shape index (κ3) is 2.24. The van der Waals surface area contributed by atoms with Gasteiger partial charge in [0.05, 0.1) is 0 Å². The molecular formula is C18H16N2. The van der Waals surface area contributed by atoms with Crippen molar-refractivity contribution in [2.75, 3.05) is 11.5 Å². The van der Waals surface area contributed by atoms with Crippen molar-refractivity contribution in [2.24, 2.45) is 0 Å². The van der Waals surface area contributed by atoms with Gasteiger partial charge in [-0.15, -0.1) is 0 Å². The number of anilines is 2. The van der Waals surface area contributed by atoms with Crippen LogP contribution >= 0.6 is 0 Å². The van der Waals surface area contributed by atoms with Crippen molar-refractivity contribution in [1.29, 1.82) is 0 Å². The second-order valence-corrected chi connectivity index (χ2v) is 4.76. The maximum Gasteiger partial charge on any atom is 0.0400 e. The summed E-state index contributed by atoms with van der Waals surface area (Å²) < 4.78 is 0. The normalized spacial score (nSPS) is 10.4. The molecule has 0 heterocycles. The third-order valence-corrected chi connectivity index (χ3v) is 3.38. The van der Waals surface area contributed by atoms with E-state index in [1.54, 1.807) is 0 Å². The van der Waals surface area contributed by atoms with Gasteiger partial charge in [0.1, 0.15) is 0 Å². The molecule has 0 aliphatic rings. The van der Waals surface area contributed by atoms with Crippen LogP contribution in [0.15, 0.2) is 72.8 Å². The smallest absolute Gasteiger partial charge is 0.0400 e. The van der Waals surface area contributed by atoms with Gasteiger partial charge in [-0.25, -0.2) is 0 Å². The fraction of sp³-hybridized carbons (Fsp3) is 0. The minimum absolute atomic E-state index is 0.763. The summed E-state index contributed by atoms with van der Waals surface area (Å²) in [6.07, 6.45) is 0. The summed E-state index contributed by atoms with van der Waals surface area (Å²) in [7, 11) is 0. The average molecular weight is 260 g/mol. The van der Waals surface area contributed by atoms with Crippen LogP contribution in [0.5, 0.6) is 0 Å². The number of hydrogen-bond donors (Lipinski definition) is 2. The van der Waals surface area contributed by atoms with Crippen molar-refractivity contribution < 1.29 is 0 Å². The molecule has 0 spiro atoms. The van der Waals surface area contributed by atoms with E-state index in [9.17, 15) is 0 Å². The summed E-state index contributed by atoms with van der Waals surface area (Å²) in [6, 6.07) is 24.1. The average Bonchev–Trinajstić information content (AvgIpc) is 2.49. The molecule has 0 saturated carbocycles. The van der Waals surface area contributed by atoms with E-state index in [0.717, 1.165) is 33.6 Å². The summed E-state index contributed by atoms with van der Waals surface area (Å²) >= 11 is 0. The molecule has 0 fully saturated rings. The molecule has 0 atom stereocenters. The number of benzene rings is 3. The molecule has 0 saturated heterocycles. The summed E-state index contributed by atoms with van der Waals surface area (Å²) in [5.74, 6) is 0. The second kappa shape index (κ2) is 5.10. The lowest BCUT2D eigenvalue weighted by atomic mass is 9.93. The molecule has 0 aliphatic heterocycles. The first kappa shape index (κ1) is 12.3. The van der Waals surface area contributed by atoms with Crippen molar-refractivity contribution >= 4 is 11.4 Å². The van der Waals surface area contributed by atoms with Gasteiger partial charge in [-0.3, -0.25) is 0 Å². The summed E-state index contributed by atoms with van der Waals surface area (Å²) in [4.78, 5) is 0. The molecule has 3 aromatic carbocycles. The van der Waals surface area contributed by atoms with Crippen LogP contribution in [0.3, 0.4) is 0 Å². The molecule has 2 nitrogen and oxygen atoms in total. The molecule has 0 aromatic heterocycles. The molecule has 2 heteroatoms. The quantitative estimate of drug-likeness (QED) is 0.679. The monoisotopic (exact) mass is 260 g/mol. The zero-order valence-electron chi connectivity index (χ0n) is 11.1. The summed E-state index contributed by atoms with van der Waals surface area (Å²) in [5.41, 5.74) is 17.9. The van der Waals surface area contributed by atoms with E-state index in [1.807, 2.05) is 54.6 Å². The van der Waals surface area contributed by atoms with Gasteiger partial charge in [0.15, 0.2) is 0 Å². The van der Waals surface area contributed by atoms with Crippen LogP contribution in [-0.4, -0.2) is 0 Å². The Bertz CT molecular complexity index is 716. The van der Waals surface area contributed by atoms with Crippen LogP contribution < -0.4 is 11.5 Å². The van der Waals surface area contributed by atoms with E-state index in [2.05, 4.69) is 18.2 Å². The standard InChI is InChI=1S/C18H16N2/c19-15-11-9-13(10-12-15)16-7-4-8-17(20)18(16)14-5-2-1-3-6-14/h1-12H,19-20H2. The van der Waals surface area contributed by atoms with Crippen LogP contribution in [0, 0.1) is 0 Å². The fourth-order valence-corrected chi connectivity index (χ4v) is 2.40. The predicted octanol–water partition coefficient (Wildman–Crippen LogP) is 4.19. The molecule has 0 aliphatic carbocycles. The van der Waals surface area contributed by atoms with Gasteiger partial charge in [0.25, 0.3) is 0 Å². The first-order chi connectivity index (χ1) is 9.75. The van der Waals surface area contributed by atoms with Gasteiger partial charge in [-0.05, 0) is 34.9 Å². The predicted molar refractivity (Wildman–Crippen MR) is 86.1 cm³/mol. The van der Waals surface area contributed by atoms with Crippen molar-refractivity contribution in [2.45, 2.75) is 0 Å². The molecule has 0 radical (unpaired) electrons. The minimum Gasteiger partial charge on any atom is -0.399 e. The van der Waals surface area contributed by atoms with Crippen molar-refractivity contribution in [3.05, 3.63) is 72.8 Å². The van der Waals surface area contributed by atoms with Crippen molar-refractivity contribution in [3.63, 3.8) is 0 Å². The maximum atomic E-state index is 6.20. The number of nitrogens with two attached hydrogens (primary N) is 2. The Morgan fingerprint density at radius 1 is 0.550 bits per heavy atom. The highest BCUT2D eigenvalue weighted by atomic mass is 14.6. The zero-order chi connectivity index (χ0) is 13.9. The molecule has 20 heavy (non-hydrogen) atoms. The lowest BCUT2D eigenvalue weighted by Gasteiger charge is -2.13. The van der Waals surface area contributed by atoms with E-state index >= 15 is 0 Å². The Morgan fingerprint density at radius 2 is 1.25 bits per heavy atom. The van der Waals surface area contributed by atoms with Gasteiger partial charge in [-0.2, -0.15) is 0 Å². The number of nitrogen functional groups attached to an aromatic ring is 2. The van der Waals surface area contributed by atoms with Gasteiger partial charge < -0.3 is 11.5 Å². The van der Waals surface area contributed by atoms with E-state index in [1.165, 1.54) is 0 Å². The Labute approximate surface area is 118 Å². The Morgan fingerprint density at radius 3 is 1.95 bits per heavy atom. The van der Waals surface area contributed by atoms with Crippen LogP contribution in [0.2, 0.25) is 0 Å². The maximum absolute atomic E-state index is 6.20. The Kier molecular flexibility index (Phi) is 3.13. The second-order valence-electron chi connectivity index (χ2n) is 4.76. The first-order valence-electron chi connectivity index (χ1n) is 6.55. The third-order valence-electron chi connectivity index (χ3n) is 3.38. The highest BCUT2D eigenvalue weighted by Gasteiger charge is 2.10. The largest absolute Gasteiger partial charge is 0.399 e. The molecule has 3 aromatic rings. The SMILES string of the molecule is Nc1ccc(-c2cccc(N)c2-c2ccccc2)cc1. The lowest BCUT2D eigenvalue weighted by molar-refractivity contribution is 1.57. The first-order valence-corrected chi connectivity index (χ1v) is 6.55. The molecule has 0 unspecified atom stereocenters. The molecule has 0 bridgehead atoms. The highest BCUT2D eigenvalue weighted by Crippen LogP contribution is 2.36. The highest BCUT2D eigenvalue weighted by molar-refractivity contribution is 5.91. The van der Waals surface area contributed by atoms with Gasteiger partial charge in [-0.1, -0.05) is 54.6 Å². The molecule has 4 N–H and O–H groups in total. The zero-order valence-corrected chi connectivity index (χ0v) is 11.1. The number of hydrogen-bond acceptors (Lipinski definition) is 2. The summed E-state index contributed by atoms with van der Waals surface area (Å²) in [5, 5.41) is 0. The van der Waals surface area contributed by atoms with Crippen LogP contribution in [0.4, 0.5) is 11.4 Å². The van der Waals surface area contributed by atoms with E-state index < -0.39 is 0 Å². The summed E-state index contributed by atoms with van der Waals surface area (Å²) in [6.45, 7) is 0. The van der Waals surface area contributed by atoms with E-state index in [0.29, 0.717) is 0 Å². The van der Waals surface area contributed by atoms with E-state index in [4.69, 9.17) is 11.5 Å². The van der Waals surface area contributed by atoms with Crippen LogP contribution in [0.1, 0.15) is 0 Å².